The van der Waals surface area contributed by atoms with Crippen LogP contribution in [0.15, 0.2) is 23.1 Å². The van der Waals surface area contributed by atoms with Gasteiger partial charge in [0.05, 0.1) is 5.69 Å². The molecule has 0 aromatic heterocycles. The largest absolute Gasteiger partial charge is 0.398 e. The van der Waals surface area contributed by atoms with E-state index >= 15 is 0 Å². The standard InChI is InChI=1S/C12H16ClN3O3S/c1-9(17)15-4-6-16(7-5-15)20(18,19)12-8-10(13)2-3-11(12)14/h2-3,8H,4-7,14H2,1H3. The molecule has 0 atom stereocenters. The molecule has 0 spiro atoms. The summed E-state index contributed by atoms with van der Waals surface area (Å²) < 4.78 is 26.4. The number of carbonyl (C=O) groups is 1. The van der Waals surface area contributed by atoms with Gasteiger partial charge in [0.1, 0.15) is 4.90 Å². The molecule has 1 amide bonds. The molecule has 0 bridgehead atoms. The third kappa shape index (κ3) is 2.89. The highest BCUT2D eigenvalue weighted by molar-refractivity contribution is 7.89. The monoisotopic (exact) mass is 317 g/mol. The molecule has 20 heavy (non-hydrogen) atoms. The van der Waals surface area contributed by atoms with Crippen molar-refractivity contribution in [2.24, 2.45) is 0 Å². The van der Waals surface area contributed by atoms with Gasteiger partial charge in [0.25, 0.3) is 0 Å². The molecule has 110 valence electrons. The summed E-state index contributed by atoms with van der Waals surface area (Å²) in [7, 11) is -3.68. The highest BCUT2D eigenvalue weighted by atomic mass is 35.5. The zero-order valence-electron chi connectivity index (χ0n) is 11.0. The lowest BCUT2D eigenvalue weighted by atomic mass is 10.3. The Bertz CT molecular complexity index is 625. The van der Waals surface area contributed by atoms with Gasteiger partial charge >= 0.3 is 0 Å². The quantitative estimate of drug-likeness (QED) is 0.817. The number of hydrogen-bond donors (Lipinski definition) is 1. The molecule has 1 heterocycles. The van der Waals surface area contributed by atoms with Gasteiger partial charge in [0.2, 0.25) is 15.9 Å². The Kier molecular flexibility index (Phi) is 4.22. The predicted octanol–water partition coefficient (Wildman–Crippen LogP) is 0.775. The fraction of sp³-hybridized carbons (Fsp3) is 0.417. The molecule has 2 rings (SSSR count). The van der Waals surface area contributed by atoms with Gasteiger partial charge in [0, 0.05) is 38.1 Å². The number of hydrogen-bond acceptors (Lipinski definition) is 4. The summed E-state index contributed by atoms with van der Waals surface area (Å²) in [6.07, 6.45) is 0. The molecule has 1 saturated heterocycles. The Morgan fingerprint density at radius 2 is 1.85 bits per heavy atom. The Hall–Kier alpha value is -1.31. The van der Waals surface area contributed by atoms with Gasteiger partial charge in [-0.25, -0.2) is 8.42 Å². The number of nitrogens with two attached hydrogens (primary N) is 1. The predicted molar refractivity (Wildman–Crippen MR) is 76.9 cm³/mol. The summed E-state index contributed by atoms with van der Waals surface area (Å²) in [5.41, 5.74) is 5.90. The minimum absolute atomic E-state index is 0.0151. The minimum atomic E-state index is -3.68. The van der Waals surface area contributed by atoms with Crippen molar-refractivity contribution >= 4 is 33.2 Å². The van der Waals surface area contributed by atoms with Crippen LogP contribution in [0.25, 0.3) is 0 Å². The van der Waals surface area contributed by atoms with Gasteiger partial charge in [-0.3, -0.25) is 4.79 Å². The normalized spacial score (nSPS) is 17.2. The maximum Gasteiger partial charge on any atom is 0.245 e. The van der Waals surface area contributed by atoms with Crippen LogP contribution in [0.4, 0.5) is 5.69 Å². The first-order chi connectivity index (χ1) is 9.32. The van der Waals surface area contributed by atoms with Gasteiger partial charge in [-0.05, 0) is 18.2 Å². The second-order valence-electron chi connectivity index (χ2n) is 4.59. The van der Waals surface area contributed by atoms with Crippen molar-refractivity contribution in [2.75, 3.05) is 31.9 Å². The maximum atomic E-state index is 12.5. The molecule has 1 aromatic carbocycles. The van der Waals surface area contributed by atoms with Gasteiger partial charge in [-0.15, -0.1) is 0 Å². The van der Waals surface area contributed by atoms with E-state index in [-0.39, 0.29) is 29.6 Å². The van der Waals surface area contributed by atoms with E-state index < -0.39 is 10.0 Å². The van der Waals surface area contributed by atoms with Crippen molar-refractivity contribution in [1.29, 1.82) is 0 Å². The van der Waals surface area contributed by atoms with E-state index in [9.17, 15) is 13.2 Å². The third-order valence-electron chi connectivity index (χ3n) is 3.28. The Labute approximate surface area is 123 Å². The lowest BCUT2D eigenvalue weighted by Gasteiger charge is -2.33. The third-order valence-corrected chi connectivity index (χ3v) is 5.47. The lowest BCUT2D eigenvalue weighted by molar-refractivity contribution is -0.129. The number of benzene rings is 1. The Morgan fingerprint density at radius 3 is 2.40 bits per heavy atom. The van der Waals surface area contributed by atoms with Crippen LogP contribution in [-0.4, -0.2) is 49.7 Å². The molecule has 1 aliphatic rings. The first-order valence-corrected chi connectivity index (χ1v) is 7.95. The van der Waals surface area contributed by atoms with Crippen molar-refractivity contribution < 1.29 is 13.2 Å². The van der Waals surface area contributed by atoms with E-state index in [1.807, 2.05) is 0 Å². The van der Waals surface area contributed by atoms with Crippen LogP contribution in [0.5, 0.6) is 0 Å². The summed E-state index contributed by atoms with van der Waals surface area (Å²) in [5.74, 6) is -0.0516. The first kappa shape index (κ1) is 15.1. The smallest absolute Gasteiger partial charge is 0.245 e. The molecular formula is C12H16ClN3O3S. The number of nitrogen functional groups attached to an aromatic ring is 1. The second-order valence-corrected chi connectivity index (χ2v) is 6.94. The molecule has 1 fully saturated rings. The van der Waals surface area contributed by atoms with Crippen LogP contribution in [-0.2, 0) is 14.8 Å². The maximum absolute atomic E-state index is 12.5. The topological polar surface area (TPSA) is 83.7 Å². The number of amides is 1. The Balaban J connectivity index is 2.24. The number of rotatable bonds is 2. The summed E-state index contributed by atoms with van der Waals surface area (Å²) in [6.45, 7) is 2.75. The van der Waals surface area contributed by atoms with E-state index in [4.69, 9.17) is 17.3 Å². The SMILES string of the molecule is CC(=O)N1CCN(S(=O)(=O)c2cc(Cl)ccc2N)CC1. The molecule has 1 aromatic rings. The van der Waals surface area contributed by atoms with Crippen LogP contribution in [0.3, 0.4) is 0 Å². The number of nitrogens with zero attached hydrogens (tertiary/aromatic N) is 2. The van der Waals surface area contributed by atoms with E-state index in [1.165, 1.54) is 23.4 Å². The zero-order valence-corrected chi connectivity index (χ0v) is 12.6. The summed E-state index contributed by atoms with van der Waals surface area (Å²) in [6, 6.07) is 4.37. The van der Waals surface area contributed by atoms with Crippen LogP contribution in [0.2, 0.25) is 5.02 Å². The van der Waals surface area contributed by atoms with Gasteiger partial charge in [-0.2, -0.15) is 4.31 Å². The van der Waals surface area contributed by atoms with Crippen molar-refractivity contribution in [3.63, 3.8) is 0 Å². The molecule has 8 heteroatoms. The molecule has 0 aliphatic carbocycles. The van der Waals surface area contributed by atoms with Crippen LogP contribution in [0, 0.1) is 0 Å². The van der Waals surface area contributed by atoms with Gasteiger partial charge < -0.3 is 10.6 Å². The van der Waals surface area contributed by atoms with Gasteiger partial charge in [0.15, 0.2) is 0 Å². The summed E-state index contributed by atoms with van der Waals surface area (Å²) >= 11 is 5.84. The summed E-state index contributed by atoms with van der Waals surface area (Å²) in [4.78, 5) is 12.9. The number of carbonyl (C=O) groups excluding carboxylic acids is 1. The second kappa shape index (κ2) is 5.59. The average Bonchev–Trinajstić information content (AvgIpc) is 2.41. The average molecular weight is 318 g/mol. The van der Waals surface area contributed by atoms with Crippen molar-refractivity contribution in [3.8, 4) is 0 Å². The number of piperazine rings is 1. The van der Waals surface area contributed by atoms with Gasteiger partial charge in [-0.1, -0.05) is 11.6 Å². The first-order valence-electron chi connectivity index (χ1n) is 6.13. The zero-order chi connectivity index (χ0) is 14.9. The molecular weight excluding hydrogens is 302 g/mol. The fourth-order valence-electron chi connectivity index (χ4n) is 2.11. The van der Waals surface area contributed by atoms with E-state index in [1.54, 1.807) is 11.0 Å². The molecule has 0 unspecified atom stereocenters. The van der Waals surface area contributed by atoms with Crippen LogP contribution >= 0.6 is 11.6 Å². The van der Waals surface area contributed by atoms with Crippen molar-refractivity contribution in [3.05, 3.63) is 23.2 Å². The number of halogens is 1. The molecule has 2 N–H and O–H groups in total. The molecule has 0 saturated carbocycles. The molecule has 0 radical (unpaired) electrons. The molecule has 6 nitrogen and oxygen atoms in total. The highest BCUT2D eigenvalue weighted by Crippen LogP contribution is 2.26. The van der Waals surface area contributed by atoms with Crippen molar-refractivity contribution in [1.82, 2.24) is 9.21 Å². The van der Waals surface area contributed by atoms with E-state index in [0.717, 1.165) is 0 Å². The Morgan fingerprint density at radius 1 is 1.25 bits per heavy atom. The summed E-state index contributed by atoms with van der Waals surface area (Å²) in [5, 5.41) is 0.320. The minimum Gasteiger partial charge on any atom is -0.398 e. The van der Waals surface area contributed by atoms with E-state index in [0.29, 0.717) is 18.1 Å². The van der Waals surface area contributed by atoms with Crippen molar-refractivity contribution in [2.45, 2.75) is 11.8 Å². The highest BCUT2D eigenvalue weighted by Gasteiger charge is 2.30. The number of sulfonamides is 1. The number of anilines is 1. The van der Waals surface area contributed by atoms with E-state index in [2.05, 4.69) is 0 Å². The molecule has 1 aliphatic heterocycles. The fourth-order valence-corrected chi connectivity index (χ4v) is 3.91. The van der Waals surface area contributed by atoms with Crippen LogP contribution in [0.1, 0.15) is 6.92 Å². The van der Waals surface area contributed by atoms with Crippen LogP contribution < -0.4 is 5.73 Å². The lowest BCUT2D eigenvalue weighted by Crippen LogP contribution is -2.50.